The number of hydrogen-bond acceptors (Lipinski definition) is 5. The van der Waals surface area contributed by atoms with Crippen molar-refractivity contribution in [1.29, 1.82) is 0 Å². The van der Waals surface area contributed by atoms with Gasteiger partial charge in [-0.1, -0.05) is 13.0 Å². The first-order valence-electron chi connectivity index (χ1n) is 9.36. The molecule has 0 saturated carbocycles. The van der Waals surface area contributed by atoms with Crippen LogP contribution in [0.5, 0.6) is 5.75 Å². The maximum atomic E-state index is 13.7. The van der Waals surface area contributed by atoms with Gasteiger partial charge in [0, 0.05) is 12.0 Å². The third-order valence-corrected chi connectivity index (χ3v) is 3.97. The van der Waals surface area contributed by atoms with Gasteiger partial charge in [0.1, 0.15) is 11.6 Å². The van der Waals surface area contributed by atoms with E-state index in [0.717, 1.165) is 12.0 Å². The molecule has 154 valence electrons. The van der Waals surface area contributed by atoms with Crippen LogP contribution in [0.25, 0.3) is 0 Å². The van der Waals surface area contributed by atoms with Crippen LogP contribution in [0.3, 0.4) is 0 Å². The molecule has 6 nitrogen and oxygen atoms in total. The maximum absolute atomic E-state index is 13.7. The van der Waals surface area contributed by atoms with Crippen LogP contribution >= 0.6 is 0 Å². The lowest BCUT2D eigenvalue weighted by Gasteiger charge is -2.08. The molecule has 0 heterocycles. The molecule has 0 radical (unpaired) electrons. The molecule has 0 saturated heterocycles. The third kappa shape index (κ3) is 7.37. The van der Waals surface area contributed by atoms with Crippen molar-refractivity contribution in [3.8, 4) is 5.75 Å². The van der Waals surface area contributed by atoms with Crippen LogP contribution in [0, 0.1) is 12.7 Å². The minimum Gasteiger partial charge on any atom is -0.494 e. The molecule has 0 atom stereocenters. The zero-order valence-corrected chi connectivity index (χ0v) is 16.5. The third-order valence-electron chi connectivity index (χ3n) is 3.97. The van der Waals surface area contributed by atoms with Crippen molar-refractivity contribution in [3.63, 3.8) is 0 Å². The number of aryl methyl sites for hydroxylation is 1. The molecular formula is C22H24FNO5. The Morgan fingerprint density at radius 1 is 1.03 bits per heavy atom. The van der Waals surface area contributed by atoms with E-state index in [1.165, 1.54) is 12.1 Å². The standard InChI is InChI=1S/C22H24FNO5/c1-3-12-28-17-7-5-16(6-8-17)20(25)10-11-22(27)29-14-21(26)24-19-9-4-15(2)13-18(19)23/h4-9,13H,3,10-12,14H2,1-2H3,(H,24,26). The molecule has 0 aliphatic heterocycles. The number of rotatable bonds is 10. The fourth-order valence-electron chi connectivity index (χ4n) is 2.44. The number of carbonyl (C=O) groups excluding carboxylic acids is 3. The van der Waals surface area contributed by atoms with Gasteiger partial charge in [-0.3, -0.25) is 14.4 Å². The molecule has 1 amide bonds. The van der Waals surface area contributed by atoms with Gasteiger partial charge < -0.3 is 14.8 Å². The summed E-state index contributed by atoms with van der Waals surface area (Å²) < 4.78 is 24.0. The molecule has 0 fully saturated rings. The first-order valence-corrected chi connectivity index (χ1v) is 9.36. The summed E-state index contributed by atoms with van der Waals surface area (Å²) in [5.41, 5.74) is 1.20. The highest BCUT2D eigenvalue weighted by Gasteiger charge is 2.13. The van der Waals surface area contributed by atoms with Crippen molar-refractivity contribution in [1.82, 2.24) is 0 Å². The Morgan fingerprint density at radius 3 is 2.41 bits per heavy atom. The second kappa shape index (κ2) is 10.9. The lowest BCUT2D eigenvalue weighted by atomic mass is 10.1. The molecule has 0 aliphatic carbocycles. The summed E-state index contributed by atoms with van der Waals surface area (Å²) in [6.45, 7) is 3.78. The summed E-state index contributed by atoms with van der Waals surface area (Å²) in [6.07, 6.45) is 0.697. The van der Waals surface area contributed by atoms with Crippen LogP contribution in [-0.4, -0.2) is 30.9 Å². The van der Waals surface area contributed by atoms with E-state index >= 15 is 0 Å². The Kier molecular flexibility index (Phi) is 8.33. The van der Waals surface area contributed by atoms with E-state index in [1.807, 2.05) is 6.92 Å². The predicted molar refractivity (Wildman–Crippen MR) is 107 cm³/mol. The number of hydrogen-bond donors (Lipinski definition) is 1. The van der Waals surface area contributed by atoms with E-state index in [2.05, 4.69) is 5.32 Å². The lowest BCUT2D eigenvalue weighted by Crippen LogP contribution is -2.21. The number of benzene rings is 2. The minimum atomic E-state index is -0.680. The van der Waals surface area contributed by atoms with Crippen molar-refractivity contribution in [2.75, 3.05) is 18.5 Å². The Hall–Kier alpha value is -3.22. The number of Topliss-reactive ketones (excluding diaryl/α,β-unsaturated/α-hetero) is 1. The van der Waals surface area contributed by atoms with Crippen LogP contribution in [0.4, 0.5) is 10.1 Å². The summed E-state index contributed by atoms with van der Waals surface area (Å²) in [5, 5.41) is 2.33. The van der Waals surface area contributed by atoms with Gasteiger partial charge in [-0.05, 0) is 55.3 Å². The van der Waals surface area contributed by atoms with E-state index < -0.39 is 24.3 Å². The monoisotopic (exact) mass is 401 g/mol. The number of carbonyl (C=O) groups is 3. The van der Waals surface area contributed by atoms with Crippen LogP contribution in [-0.2, 0) is 14.3 Å². The number of halogens is 1. The van der Waals surface area contributed by atoms with Gasteiger partial charge in [-0.25, -0.2) is 4.39 Å². The first-order chi connectivity index (χ1) is 13.9. The van der Waals surface area contributed by atoms with Gasteiger partial charge >= 0.3 is 5.97 Å². The summed E-state index contributed by atoms with van der Waals surface area (Å²) in [4.78, 5) is 35.7. The summed E-state index contributed by atoms with van der Waals surface area (Å²) in [5.74, 6) is -1.44. The first kappa shape index (κ1) is 22.1. The van der Waals surface area contributed by atoms with Gasteiger partial charge in [-0.2, -0.15) is 0 Å². The minimum absolute atomic E-state index is 0.0122. The van der Waals surface area contributed by atoms with Gasteiger partial charge in [0.2, 0.25) is 0 Å². The normalized spacial score (nSPS) is 10.3. The zero-order chi connectivity index (χ0) is 21.2. The molecule has 2 rings (SSSR count). The molecule has 0 aromatic heterocycles. The quantitative estimate of drug-likeness (QED) is 0.479. The molecule has 2 aromatic rings. The maximum Gasteiger partial charge on any atom is 0.306 e. The number of nitrogens with one attached hydrogen (secondary N) is 1. The van der Waals surface area contributed by atoms with Crippen LogP contribution in [0.1, 0.15) is 42.1 Å². The number of ketones is 1. The molecule has 0 aliphatic rings. The Bertz CT molecular complexity index is 864. The number of ether oxygens (including phenoxy) is 2. The fraction of sp³-hybridized carbons (Fsp3) is 0.318. The van der Waals surface area contributed by atoms with Crippen LogP contribution in [0.2, 0.25) is 0 Å². The predicted octanol–water partition coefficient (Wildman–Crippen LogP) is 4.07. The highest BCUT2D eigenvalue weighted by atomic mass is 19.1. The largest absolute Gasteiger partial charge is 0.494 e. The molecular weight excluding hydrogens is 377 g/mol. The van der Waals surface area contributed by atoms with Gasteiger partial charge in [0.05, 0.1) is 18.7 Å². The van der Waals surface area contributed by atoms with Crippen molar-refractivity contribution >= 4 is 23.3 Å². The van der Waals surface area contributed by atoms with Crippen molar-refractivity contribution in [3.05, 3.63) is 59.4 Å². The Morgan fingerprint density at radius 2 is 1.76 bits per heavy atom. The Balaban J connectivity index is 1.73. The molecule has 29 heavy (non-hydrogen) atoms. The fourth-order valence-corrected chi connectivity index (χ4v) is 2.44. The van der Waals surface area contributed by atoms with Gasteiger partial charge in [0.15, 0.2) is 12.4 Å². The summed E-state index contributed by atoms with van der Waals surface area (Å²) in [6, 6.07) is 11.1. The number of anilines is 1. The second-order valence-corrected chi connectivity index (χ2v) is 6.49. The van der Waals surface area contributed by atoms with E-state index in [0.29, 0.717) is 17.9 Å². The molecule has 0 spiro atoms. The highest BCUT2D eigenvalue weighted by molar-refractivity contribution is 5.98. The van der Waals surface area contributed by atoms with E-state index in [4.69, 9.17) is 9.47 Å². The smallest absolute Gasteiger partial charge is 0.306 e. The van der Waals surface area contributed by atoms with Crippen molar-refractivity contribution < 1.29 is 28.2 Å². The Labute approximate surface area is 169 Å². The van der Waals surface area contributed by atoms with Crippen LogP contribution < -0.4 is 10.1 Å². The number of amides is 1. The average molecular weight is 401 g/mol. The molecule has 7 heteroatoms. The molecule has 0 bridgehead atoms. The highest BCUT2D eigenvalue weighted by Crippen LogP contribution is 2.16. The molecule has 0 unspecified atom stereocenters. The topological polar surface area (TPSA) is 81.7 Å². The summed E-state index contributed by atoms with van der Waals surface area (Å²) >= 11 is 0. The van der Waals surface area contributed by atoms with E-state index in [-0.39, 0.29) is 24.3 Å². The van der Waals surface area contributed by atoms with Crippen molar-refractivity contribution in [2.45, 2.75) is 33.1 Å². The molecule has 1 N–H and O–H groups in total. The SMILES string of the molecule is CCCOc1ccc(C(=O)CCC(=O)OCC(=O)Nc2ccc(C)cc2F)cc1. The zero-order valence-electron chi connectivity index (χ0n) is 16.5. The molecule has 2 aromatic carbocycles. The van der Waals surface area contributed by atoms with Gasteiger partial charge in [-0.15, -0.1) is 0 Å². The second-order valence-electron chi connectivity index (χ2n) is 6.49. The van der Waals surface area contributed by atoms with E-state index in [9.17, 15) is 18.8 Å². The summed E-state index contributed by atoms with van der Waals surface area (Å²) in [7, 11) is 0. The van der Waals surface area contributed by atoms with Crippen LogP contribution in [0.15, 0.2) is 42.5 Å². The number of esters is 1. The average Bonchev–Trinajstić information content (AvgIpc) is 2.71. The van der Waals surface area contributed by atoms with Crippen molar-refractivity contribution in [2.24, 2.45) is 0 Å². The lowest BCUT2D eigenvalue weighted by molar-refractivity contribution is -0.147. The van der Waals surface area contributed by atoms with Gasteiger partial charge in [0.25, 0.3) is 5.91 Å². The van der Waals surface area contributed by atoms with E-state index in [1.54, 1.807) is 37.3 Å².